The van der Waals surface area contributed by atoms with Gasteiger partial charge in [0.25, 0.3) is 0 Å². The molecule has 1 aliphatic rings. The highest BCUT2D eigenvalue weighted by Crippen LogP contribution is 2.14. The van der Waals surface area contributed by atoms with E-state index < -0.39 is 5.97 Å². The van der Waals surface area contributed by atoms with Gasteiger partial charge in [0.1, 0.15) is 0 Å². The standard InChI is InChI=1S/C13H24N2O4/c1-3-4-14-11-8-19-7-10(11)13(18)15-6-9(2)5-12(16)17/h9-11,14H,3-8H2,1-2H3,(H,15,18)(H,16,17). The van der Waals surface area contributed by atoms with E-state index in [9.17, 15) is 9.59 Å². The number of carbonyl (C=O) groups excluding carboxylic acids is 1. The van der Waals surface area contributed by atoms with E-state index in [0.717, 1.165) is 13.0 Å². The van der Waals surface area contributed by atoms with Gasteiger partial charge in [0, 0.05) is 19.0 Å². The Labute approximate surface area is 113 Å². The van der Waals surface area contributed by atoms with E-state index in [-0.39, 0.29) is 30.2 Å². The Bertz CT molecular complexity index is 309. The Morgan fingerprint density at radius 2 is 2.16 bits per heavy atom. The molecule has 0 aromatic rings. The summed E-state index contributed by atoms with van der Waals surface area (Å²) < 4.78 is 5.34. The lowest BCUT2D eigenvalue weighted by Gasteiger charge is -2.19. The SMILES string of the molecule is CCCNC1COCC1C(=O)NCC(C)CC(=O)O. The van der Waals surface area contributed by atoms with Crippen molar-refractivity contribution in [3.05, 3.63) is 0 Å². The van der Waals surface area contributed by atoms with Gasteiger partial charge < -0.3 is 20.5 Å². The lowest BCUT2D eigenvalue weighted by molar-refractivity contribution is -0.138. The average Bonchev–Trinajstić information content (AvgIpc) is 2.80. The second-order valence-electron chi connectivity index (χ2n) is 5.15. The van der Waals surface area contributed by atoms with Crippen LogP contribution in [-0.2, 0) is 14.3 Å². The molecule has 0 aromatic heterocycles. The Morgan fingerprint density at radius 3 is 2.79 bits per heavy atom. The fraction of sp³-hybridized carbons (Fsp3) is 0.846. The van der Waals surface area contributed by atoms with E-state index in [4.69, 9.17) is 9.84 Å². The number of nitrogens with one attached hydrogen (secondary N) is 2. The lowest BCUT2D eigenvalue weighted by Crippen LogP contribution is -2.45. The highest BCUT2D eigenvalue weighted by atomic mass is 16.5. The van der Waals surface area contributed by atoms with Gasteiger partial charge in [-0.3, -0.25) is 9.59 Å². The quantitative estimate of drug-likeness (QED) is 0.588. The third-order valence-electron chi connectivity index (χ3n) is 3.22. The number of carboxylic acids is 1. The van der Waals surface area contributed by atoms with Crippen LogP contribution in [-0.4, -0.2) is 49.3 Å². The highest BCUT2D eigenvalue weighted by molar-refractivity contribution is 5.80. The van der Waals surface area contributed by atoms with E-state index in [1.165, 1.54) is 0 Å². The predicted octanol–water partition coefficient (Wildman–Crippen LogP) is 0.228. The summed E-state index contributed by atoms with van der Waals surface area (Å²) in [6, 6.07) is 0.0646. The zero-order chi connectivity index (χ0) is 14.3. The van der Waals surface area contributed by atoms with Gasteiger partial charge >= 0.3 is 5.97 Å². The minimum atomic E-state index is -0.839. The molecule has 6 heteroatoms. The van der Waals surface area contributed by atoms with Gasteiger partial charge in [-0.15, -0.1) is 0 Å². The van der Waals surface area contributed by atoms with Crippen molar-refractivity contribution in [2.24, 2.45) is 11.8 Å². The van der Waals surface area contributed by atoms with Crippen LogP contribution in [0.25, 0.3) is 0 Å². The Hall–Kier alpha value is -1.14. The maximum absolute atomic E-state index is 12.0. The van der Waals surface area contributed by atoms with Crippen LogP contribution in [0.4, 0.5) is 0 Å². The first-order valence-corrected chi connectivity index (χ1v) is 6.85. The molecule has 3 unspecified atom stereocenters. The molecular formula is C13H24N2O4. The number of carbonyl (C=O) groups is 2. The third kappa shape index (κ3) is 5.57. The fourth-order valence-electron chi connectivity index (χ4n) is 2.12. The molecule has 3 atom stereocenters. The van der Waals surface area contributed by atoms with E-state index in [1.807, 2.05) is 6.92 Å². The minimum Gasteiger partial charge on any atom is -0.481 e. The van der Waals surface area contributed by atoms with Crippen LogP contribution >= 0.6 is 0 Å². The normalized spacial score (nSPS) is 24.1. The summed E-state index contributed by atoms with van der Waals surface area (Å²) in [5.41, 5.74) is 0. The number of hydrogen-bond acceptors (Lipinski definition) is 4. The van der Waals surface area contributed by atoms with Gasteiger partial charge in [0.05, 0.1) is 19.1 Å². The van der Waals surface area contributed by atoms with Crippen LogP contribution in [0.1, 0.15) is 26.7 Å². The molecule has 0 aromatic carbocycles. The molecule has 0 bridgehead atoms. The molecule has 1 saturated heterocycles. The van der Waals surface area contributed by atoms with Gasteiger partial charge in [-0.2, -0.15) is 0 Å². The van der Waals surface area contributed by atoms with Crippen molar-refractivity contribution in [2.75, 3.05) is 26.3 Å². The summed E-state index contributed by atoms with van der Waals surface area (Å²) in [6.07, 6.45) is 1.08. The van der Waals surface area contributed by atoms with Crippen LogP contribution in [0.3, 0.4) is 0 Å². The van der Waals surface area contributed by atoms with Crippen LogP contribution in [0.2, 0.25) is 0 Å². The van der Waals surface area contributed by atoms with E-state index >= 15 is 0 Å². The molecule has 0 radical (unpaired) electrons. The van der Waals surface area contributed by atoms with Gasteiger partial charge in [-0.1, -0.05) is 13.8 Å². The van der Waals surface area contributed by atoms with Crippen molar-refractivity contribution >= 4 is 11.9 Å². The maximum Gasteiger partial charge on any atom is 0.303 e. The minimum absolute atomic E-state index is 0.0525. The molecular weight excluding hydrogens is 248 g/mol. The first kappa shape index (κ1) is 15.9. The van der Waals surface area contributed by atoms with Crippen molar-refractivity contribution in [3.8, 4) is 0 Å². The van der Waals surface area contributed by atoms with Gasteiger partial charge in [-0.25, -0.2) is 0 Å². The Balaban J connectivity index is 2.33. The topological polar surface area (TPSA) is 87.7 Å². The first-order valence-electron chi connectivity index (χ1n) is 6.85. The van der Waals surface area contributed by atoms with Crippen LogP contribution < -0.4 is 10.6 Å². The van der Waals surface area contributed by atoms with Crippen molar-refractivity contribution in [1.82, 2.24) is 10.6 Å². The number of amides is 1. The van der Waals surface area contributed by atoms with Crippen LogP contribution in [0.15, 0.2) is 0 Å². The number of hydrogen-bond donors (Lipinski definition) is 3. The van der Waals surface area contributed by atoms with Crippen LogP contribution in [0.5, 0.6) is 0 Å². The summed E-state index contributed by atoms with van der Waals surface area (Å²) >= 11 is 0. The van der Waals surface area contributed by atoms with Gasteiger partial charge in [0.2, 0.25) is 5.91 Å². The average molecular weight is 272 g/mol. The largest absolute Gasteiger partial charge is 0.481 e. The highest BCUT2D eigenvalue weighted by Gasteiger charge is 2.33. The van der Waals surface area contributed by atoms with Crippen molar-refractivity contribution in [3.63, 3.8) is 0 Å². The monoisotopic (exact) mass is 272 g/mol. The van der Waals surface area contributed by atoms with Gasteiger partial charge in [0.15, 0.2) is 0 Å². The molecule has 1 amide bonds. The molecule has 6 nitrogen and oxygen atoms in total. The fourth-order valence-corrected chi connectivity index (χ4v) is 2.12. The van der Waals surface area contributed by atoms with E-state index in [2.05, 4.69) is 17.6 Å². The number of ether oxygens (including phenoxy) is 1. The third-order valence-corrected chi connectivity index (χ3v) is 3.22. The number of rotatable bonds is 8. The van der Waals surface area contributed by atoms with Crippen molar-refractivity contribution < 1.29 is 19.4 Å². The Morgan fingerprint density at radius 1 is 1.42 bits per heavy atom. The summed E-state index contributed by atoms with van der Waals surface area (Å²) in [7, 11) is 0. The van der Waals surface area contributed by atoms with E-state index in [0.29, 0.717) is 19.8 Å². The molecule has 1 fully saturated rings. The summed E-state index contributed by atoms with van der Waals surface area (Å²) in [6.45, 7) is 6.14. The molecule has 0 aliphatic carbocycles. The molecule has 0 spiro atoms. The summed E-state index contributed by atoms with van der Waals surface area (Å²) in [5, 5.41) is 14.8. The smallest absolute Gasteiger partial charge is 0.303 e. The molecule has 1 heterocycles. The van der Waals surface area contributed by atoms with Crippen LogP contribution in [0, 0.1) is 11.8 Å². The zero-order valence-electron chi connectivity index (χ0n) is 11.6. The lowest BCUT2D eigenvalue weighted by atomic mass is 10.0. The molecule has 1 rings (SSSR count). The van der Waals surface area contributed by atoms with E-state index in [1.54, 1.807) is 0 Å². The maximum atomic E-state index is 12.0. The number of aliphatic carboxylic acids is 1. The van der Waals surface area contributed by atoms with Crippen molar-refractivity contribution in [1.29, 1.82) is 0 Å². The van der Waals surface area contributed by atoms with Crippen molar-refractivity contribution in [2.45, 2.75) is 32.7 Å². The molecule has 1 aliphatic heterocycles. The van der Waals surface area contributed by atoms with Gasteiger partial charge in [-0.05, 0) is 18.9 Å². The second-order valence-corrected chi connectivity index (χ2v) is 5.15. The first-order chi connectivity index (χ1) is 9.04. The summed E-state index contributed by atoms with van der Waals surface area (Å²) in [5.74, 6) is -1.13. The molecule has 3 N–H and O–H groups in total. The zero-order valence-corrected chi connectivity index (χ0v) is 11.6. The molecule has 19 heavy (non-hydrogen) atoms. The summed E-state index contributed by atoms with van der Waals surface area (Å²) in [4.78, 5) is 22.6. The Kier molecular flexibility index (Phi) is 6.80. The molecule has 110 valence electrons. The number of carboxylic acid groups (broad SMARTS) is 1. The predicted molar refractivity (Wildman–Crippen MR) is 70.8 cm³/mol. The second kappa shape index (κ2) is 8.12. The molecule has 0 saturated carbocycles.